The molecule has 0 amide bonds. The number of thioether (sulfide) groups is 1. The number of aliphatic hydroxyl groups is 2. The van der Waals surface area contributed by atoms with Crippen molar-refractivity contribution >= 4 is 16.9 Å². The van der Waals surface area contributed by atoms with Gasteiger partial charge in [-0.25, -0.2) is 0 Å². The van der Waals surface area contributed by atoms with Gasteiger partial charge in [-0.3, -0.25) is 4.99 Å². The largest absolute Gasteiger partial charge is 0.388 e. The fraction of sp³-hybridized carbons (Fsp3) is 0.636. The molecule has 2 aliphatic rings. The molecule has 2 rings (SSSR count). The summed E-state index contributed by atoms with van der Waals surface area (Å²) < 4.78 is 5.59. The molecule has 0 aromatic carbocycles. The molecule has 6 nitrogen and oxygen atoms in total. The summed E-state index contributed by atoms with van der Waals surface area (Å²) in [6.45, 7) is 4.17. The van der Waals surface area contributed by atoms with Crippen LogP contribution in [0.1, 0.15) is 6.42 Å². The molecule has 18 heavy (non-hydrogen) atoms. The monoisotopic (exact) mass is 269 g/mol. The van der Waals surface area contributed by atoms with Crippen molar-refractivity contribution in [2.45, 2.75) is 36.2 Å². The van der Waals surface area contributed by atoms with Crippen molar-refractivity contribution in [2.75, 3.05) is 6.54 Å². The number of hydrogen-bond donors (Lipinski definition) is 3. The van der Waals surface area contributed by atoms with E-state index < -0.39 is 24.4 Å². The Morgan fingerprint density at radius 2 is 2.33 bits per heavy atom. The second-order valence-corrected chi connectivity index (χ2v) is 5.19. The highest BCUT2D eigenvalue weighted by Crippen LogP contribution is 2.36. The number of aliphatic hydroxyl groups excluding tert-OH is 2. The van der Waals surface area contributed by atoms with Gasteiger partial charge in [-0.1, -0.05) is 17.8 Å². The van der Waals surface area contributed by atoms with Gasteiger partial charge in [-0.15, -0.1) is 6.58 Å². The van der Waals surface area contributed by atoms with Crippen LogP contribution in [0, 0.1) is 11.3 Å². The molecule has 2 heterocycles. The highest BCUT2D eigenvalue weighted by molar-refractivity contribution is 8.14. The van der Waals surface area contributed by atoms with E-state index in [1.54, 1.807) is 6.08 Å². The number of amidine groups is 1. The van der Waals surface area contributed by atoms with Crippen molar-refractivity contribution in [2.24, 2.45) is 4.99 Å². The molecular weight excluding hydrogens is 254 g/mol. The number of fused-ring (bicyclic) bond motifs is 1. The van der Waals surface area contributed by atoms with E-state index >= 15 is 0 Å². The van der Waals surface area contributed by atoms with Gasteiger partial charge < -0.3 is 20.3 Å². The Kier molecular flexibility index (Phi) is 4.24. The summed E-state index contributed by atoms with van der Waals surface area (Å²) in [6.07, 6.45) is -0.980. The van der Waals surface area contributed by atoms with E-state index in [2.05, 4.69) is 16.9 Å². The minimum atomic E-state index is -1.07. The summed E-state index contributed by atoms with van der Waals surface area (Å²) in [6, 6.07) is 1.45. The van der Waals surface area contributed by atoms with E-state index in [0.29, 0.717) is 11.7 Å². The lowest BCUT2D eigenvalue weighted by Gasteiger charge is -2.37. The van der Waals surface area contributed by atoms with Crippen LogP contribution in [0.4, 0.5) is 0 Å². The van der Waals surface area contributed by atoms with Gasteiger partial charge in [0, 0.05) is 6.54 Å². The quantitative estimate of drug-likeness (QED) is 0.603. The van der Waals surface area contributed by atoms with E-state index in [4.69, 9.17) is 10.00 Å². The van der Waals surface area contributed by atoms with Crippen molar-refractivity contribution in [1.29, 1.82) is 5.26 Å². The number of hydrogen-bond acceptors (Lipinski definition) is 7. The second-order valence-electron chi connectivity index (χ2n) is 4.10. The van der Waals surface area contributed by atoms with Crippen LogP contribution in [0.3, 0.4) is 0 Å². The fourth-order valence-electron chi connectivity index (χ4n) is 1.93. The lowest BCUT2D eigenvalue weighted by Crippen LogP contribution is -2.54. The summed E-state index contributed by atoms with van der Waals surface area (Å²) in [5.74, 6) is 0. The van der Waals surface area contributed by atoms with Crippen LogP contribution in [0.25, 0.3) is 0 Å². The number of rotatable bonds is 3. The topological polar surface area (TPSA) is 97.9 Å². The van der Waals surface area contributed by atoms with Crippen LogP contribution in [0.2, 0.25) is 0 Å². The van der Waals surface area contributed by atoms with E-state index in [1.165, 1.54) is 11.8 Å². The molecule has 1 saturated heterocycles. The predicted octanol–water partition coefficient (Wildman–Crippen LogP) is -0.406. The van der Waals surface area contributed by atoms with Crippen LogP contribution in [-0.4, -0.2) is 51.7 Å². The summed E-state index contributed by atoms with van der Waals surface area (Å²) in [4.78, 5) is 4.28. The van der Waals surface area contributed by atoms with Crippen molar-refractivity contribution in [3.8, 4) is 6.07 Å². The smallest absolute Gasteiger partial charge is 0.159 e. The van der Waals surface area contributed by atoms with Crippen molar-refractivity contribution in [1.82, 2.24) is 5.32 Å². The molecule has 0 saturated carbocycles. The van der Waals surface area contributed by atoms with Crippen molar-refractivity contribution in [3.63, 3.8) is 0 Å². The van der Waals surface area contributed by atoms with Gasteiger partial charge >= 0.3 is 0 Å². The number of nitriles is 1. The maximum atomic E-state index is 9.98. The van der Waals surface area contributed by atoms with E-state index in [0.717, 1.165) is 0 Å². The molecular formula is C11H15N3O3S. The highest BCUT2D eigenvalue weighted by Gasteiger charge is 2.47. The van der Waals surface area contributed by atoms with Gasteiger partial charge in [0.15, 0.2) is 5.17 Å². The molecule has 5 atom stereocenters. The third kappa shape index (κ3) is 2.52. The van der Waals surface area contributed by atoms with Crippen LogP contribution in [-0.2, 0) is 4.74 Å². The first-order valence-corrected chi connectivity index (χ1v) is 6.53. The first-order valence-electron chi connectivity index (χ1n) is 5.65. The molecule has 2 aliphatic heterocycles. The lowest BCUT2D eigenvalue weighted by molar-refractivity contribution is -0.150. The molecule has 0 bridgehead atoms. The van der Waals surface area contributed by atoms with Gasteiger partial charge in [-0.2, -0.15) is 5.26 Å². The standard InChI is InChI=1S/C11H15N3O3S/c1-2-5-13-11-14-7-9(16)8(15)6(3-4-12)17-10(7)18-11/h2,6-10,15-16H,1,3,5H2,(H,13,14)/t6-,7+,8-,9-,10+/m1/s1. The van der Waals surface area contributed by atoms with Crippen LogP contribution >= 0.6 is 11.8 Å². The third-order valence-corrected chi connectivity index (χ3v) is 3.95. The molecule has 0 aliphatic carbocycles. The predicted molar refractivity (Wildman–Crippen MR) is 67.9 cm³/mol. The van der Waals surface area contributed by atoms with Gasteiger partial charge in [-0.05, 0) is 0 Å². The van der Waals surface area contributed by atoms with E-state index in [9.17, 15) is 10.2 Å². The first-order chi connectivity index (χ1) is 8.67. The van der Waals surface area contributed by atoms with Crippen LogP contribution in [0.15, 0.2) is 17.6 Å². The molecule has 98 valence electrons. The molecule has 0 spiro atoms. The maximum Gasteiger partial charge on any atom is 0.159 e. The average Bonchev–Trinajstić information content (AvgIpc) is 2.76. The molecule has 0 radical (unpaired) electrons. The third-order valence-electron chi connectivity index (χ3n) is 2.85. The van der Waals surface area contributed by atoms with Gasteiger partial charge in [0.2, 0.25) is 0 Å². The Balaban J connectivity index is 2.04. The molecule has 0 aromatic rings. The Labute approximate surface area is 109 Å². The van der Waals surface area contributed by atoms with Gasteiger partial charge in [0.25, 0.3) is 0 Å². The highest BCUT2D eigenvalue weighted by atomic mass is 32.2. The Morgan fingerprint density at radius 1 is 1.56 bits per heavy atom. The fourth-order valence-corrected chi connectivity index (χ4v) is 3.06. The van der Waals surface area contributed by atoms with Crippen LogP contribution in [0.5, 0.6) is 0 Å². The van der Waals surface area contributed by atoms with Gasteiger partial charge in [0.05, 0.1) is 12.5 Å². The second kappa shape index (κ2) is 5.71. The van der Waals surface area contributed by atoms with E-state index in [-0.39, 0.29) is 11.9 Å². The molecule has 3 N–H and O–H groups in total. The maximum absolute atomic E-state index is 9.98. The Hall–Kier alpha value is -1.07. The number of nitrogens with zero attached hydrogens (tertiary/aromatic N) is 2. The van der Waals surface area contributed by atoms with E-state index in [1.807, 2.05) is 6.07 Å². The summed E-state index contributed by atoms with van der Waals surface area (Å²) >= 11 is 1.36. The molecule has 0 aromatic heterocycles. The number of ether oxygens (including phenoxy) is 1. The zero-order valence-electron chi connectivity index (χ0n) is 9.69. The SMILES string of the molecule is C=CCNC1=N[C@H]2[C@@H](O)[C@H](O)[C@@H](CC#N)O[C@H]2S1. The molecule has 1 fully saturated rings. The normalized spacial score (nSPS) is 38.5. The molecule has 7 heteroatoms. The van der Waals surface area contributed by atoms with Crippen molar-refractivity contribution < 1.29 is 14.9 Å². The summed E-state index contributed by atoms with van der Waals surface area (Å²) in [5.41, 5.74) is -0.353. The Morgan fingerprint density at radius 3 is 3.00 bits per heavy atom. The van der Waals surface area contributed by atoms with Crippen molar-refractivity contribution in [3.05, 3.63) is 12.7 Å². The zero-order chi connectivity index (χ0) is 13.1. The van der Waals surface area contributed by atoms with Gasteiger partial charge in [0.1, 0.15) is 29.8 Å². The Bertz CT molecular complexity index is 395. The molecule has 0 unspecified atom stereocenters. The van der Waals surface area contributed by atoms with Crippen LogP contribution < -0.4 is 5.32 Å². The number of nitrogens with one attached hydrogen (secondary N) is 1. The zero-order valence-corrected chi connectivity index (χ0v) is 10.5. The number of aliphatic imine (C=N–C) groups is 1. The first kappa shape index (κ1) is 13.4. The average molecular weight is 269 g/mol. The lowest BCUT2D eigenvalue weighted by atomic mass is 9.97. The summed E-state index contributed by atoms with van der Waals surface area (Å²) in [7, 11) is 0. The minimum absolute atomic E-state index is 0.0530. The minimum Gasteiger partial charge on any atom is -0.388 e. The summed E-state index contributed by atoms with van der Waals surface area (Å²) in [5, 5.41) is 32.2.